The van der Waals surface area contributed by atoms with Gasteiger partial charge in [-0.3, -0.25) is 4.68 Å². The molecule has 2 N–H and O–H groups in total. The van der Waals surface area contributed by atoms with Crippen LogP contribution in [-0.4, -0.2) is 28.0 Å². The predicted molar refractivity (Wildman–Crippen MR) is 53.7 cm³/mol. The zero-order chi connectivity index (χ0) is 10.0. The fourth-order valence-corrected chi connectivity index (χ4v) is 1.58. The van der Waals surface area contributed by atoms with Crippen molar-refractivity contribution in [2.24, 2.45) is 12.5 Å². The summed E-state index contributed by atoms with van der Waals surface area (Å²) >= 11 is 0. The van der Waals surface area contributed by atoms with E-state index < -0.39 is 0 Å². The Kier molecular flexibility index (Phi) is 2.56. The zero-order valence-corrected chi connectivity index (χ0v) is 8.53. The van der Waals surface area contributed by atoms with Crippen LogP contribution < -0.4 is 5.32 Å². The largest absolute Gasteiger partial charge is 0.396 e. The van der Waals surface area contributed by atoms with Crippen molar-refractivity contribution in [3.05, 3.63) is 18.0 Å². The average molecular weight is 195 g/mol. The Hall–Kier alpha value is -0.870. The number of hydrogen-bond donors (Lipinski definition) is 2. The molecule has 0 unspecified atom stereocenters. The molecule has 1 aliphatic carbocycles. The average Bonchev–Trinajstić information content (AvgIpc) is 2.84. The van der Waals surface area contributed by atoms with E-state index in [1.54, 1.807) is 4.68 Å². The van der Waals surface area contributed by atoms with Crippen molar-refractivity contribution in [1.29, 1.82) is 0 Å². The summed E-state index contributed by atoms with van der Waals surface area (Å²) in [6.07, 6.45) is 4.24. The normalized spacial score (nSPS) is 18.4. The smallest absolute Gasteiger partial charge is 0.0762 e. The standard InChI is InChI=1S/C10H17N3O/c1-13-5-2-9(12-13)6-11-7-10(8-14)3-4-10/h2,5,11,14H,3-4,6-8H2,1H3. The van der Waals surface area contributed by atoms with E-state index in [1.165, 1.54) is 0 Å². The summed E-state index contributed by atoms with van der Waals surface area (Å²) in [5.41, 5.74) is 1.25. The fourth-order valence-electron chi connectivity index (χ4n) is 1.58. The van der Waals surface area contributed by atoms with Gasteiger partial charge in [0.25, 0.3) is 0 Å². The number of aliphatic hydroxyl groups excluding tert-OH is 1. The second kappa shape index (κ2) is 3.71. The quantitative estimate of drug-likeness (QED) is 0.709. The fraction of sp³-hybridized carbons (Fsp3) is 0.700. The summed E-state index contributed by atoms with van der Waals surface area (Å²) in [7, 11) is 1.92. The Labute approximate surface area is 83.9 Å². The van der Waals surface area contributed by atoms with Gasteiger partial charge in [-0.1, -0.05) is 0 Å². The highest BCUT2D eigenvalue weighted by atomic mass is 16.3. The van der Waals surface area contributed by atoms with Gasteiger partial charge >= 0.3 is 0 Å². The van der Waals surface area contributed by atoms with E-state index in [2.05, 4.69) is 10.4 Å². The molecule has 0 saturated heterocycles. The third kappa shape index (κ3) is 2.13. The Bertz CT molecular complexity index is 304. The van der Waals surface area contributed by atoms with Gasteiger partial charge in [0.05, 0.1) is 5.69 Å². The number of hydrogen-bond acceptors (Lipinski definition) is 3. The van der Waals surface area contributed by atoms with Crippen LogP contribution in [0, 0.1) is 5.41 Å². The van der Waals surface area contributed by atoms with Gasteiger partial charge in [-0.25, -0.2) is 0 Å². The lowest BCUT2D eigenvalue weighted by molar-refractivity contribution is 0.207. The predicted octanol–water partition coefficient (Wildman–Crippen LogP) is 0.282. The topological polar surface area (TPSA) is 50.1 Å². The van der Waals surface area contributed by atoms with E-state index in [1.807, 2.05) is 19.3 Å². The monoisotopic (exact) mass is 195 g/mol. The van der Waals surface area contributed by atoms with Crippen molar-refractivity contribution in [3.63, 3.8) is 0 Å². The summed E-state index contributed by atoms with van der Waals surface area (Å²) < 4.78 is 1.80. The maximum Gasteiger partial charge on any atom is 0.0762 e. The highest BCUT2D eigenvalue weighted by Gasteiger charge is 2.41. The van der Waals surface area contributed by atoms with Crippen LogP contribution in [0.4, 0.5) is 0 Å². The van der Waals surface area contributed by atoms with E-state index in [9.17, 15) is 0 Å². The maximum atomic E-state index is 9.10. The zero-order valence-electron chi connectivity index (χ0n) is 8.53. The molecule has 1 saturated carbocycles. The number of rotatable bonds is 5. The van der Waals surface area contributed by atoms with Crippen molar-refractivity contribution in [2.75, 3.05) is 13.2 Å². The molecule has 78 valence electrons. The molecule has 2 rings (SSSR count). The molecule has 0 aliphatic heterocycles. The van der Waals surface area contributed by atoms with E-state index in [4.69, 9.17) is 5.11 Å². The third-order valence-corrected chi connectivity index (χ3v) is 2.87. The molecule has 0 bridgehead atoms. The molecular weight excluding hydrogens is 178 g/mol. The van der Waals surface area contributed by atoms with Gasteiger partial charge in [0.15, 0.2) is 0 Å². The third-order valence-electron chi connectivity index (χ3n) is 2.87. The first kappa shape index (κ1) is 9.68. The van der Waals surface area contributed by atoms with Gasteiger partial charge < -0.3 is 10.4 Å². The van der Waals surface area contributed by atoms with E-state index in [0.717, 1.165) is 31.6 Å². The minimum Gasteiger partial charge on any atom is -0.396 e. The molecule has 0 radical (unpaired) electrons. The van der Waals surface area contributed by atoms with Gasteiger partial charge in [-0.05, 0) is 18.9 Å². The number of nitrogens with zero attached hydrogens (tertiary/aromatic N) is 2. The molecular formula is C10H17N3O. The second-order valence-corrected chi connectivity index (χ2v) is 4.24. The summed E-state index contributed by atoms with van der Waals surface area (Å²) in [6.45, 7) is 2.00. The molecule has 1 heterocycles. The molecule has 4 heteroatoms. The highest BCUT2D eigenvalue weighted by Crippen LogP contribution is 2.44. The minimum absolute atomic E-state index is 0.189. The van der Waals surface area contributed by atoms with E-state index in [0.29, 0.717) is 6.61 Å². The summed E-state index contributed by atoms with van der Waals surface area (Å²) in [4.78, 5) is 0. The van der Waals surface area contributed by atoms with Crippen LogP contribution in [0.2, 0.25) is 0 Å². The minimum atomic E-state index is 0.189. The highest BCUT2D eigenvalue weighted by molar-refractivity contribution is 4.99. The lowest BCUT2D eigenvalue weighted by atomic mass is 10.1. The molecule has 1 fully saturated rings. The Morgan fingerprint density at radius 1 is 1.64 bits per heavy atom. The molecule has 0 aromatic carbocycles. The number of aryl methyl sites for hydroxylation is 1. The number of aromatic nitrogens is 2. The van der Waals surface area contributed by atoms with E-state index >= 15 is 0 Å². The van der Waals surface area contributed by atoms with Gasteiger partial charge in [-0.2, -0.15) is 5.10 Å². The SMILES string of the molecule is Cn1ccc(CNCC2(CO)CC2)n1. The molecule has 1 aromatic heterocycles. The maximum absolute atomic E-state index is 9.10. The van der Waals surface area contributed by atoms with Crippen molar-refractivity contribution >= 4 is 0 Å². The van der Waals surface area contributed by atoms with Gasteiger partial charge in [0.1, 0.15) is 0 Å². The van der Waals surface area contributed by atoms with Gasteiger partial charge in [0.2, 0.25) is 0 Å². The molecule has 0 amide bonds. The molecule has 1 aliphatic rings. The van der Waals surface area contributed by atoms with Crippen LogP contribution >= 0.6 is 0 Å². The van der Waals surface area contributed by atoms with Crippen molar-refractivity contribution in [1.82, 2.24) is 15.1 Å². The number of aliphatic hydroxyl groups is 1. The van der Waals surface area contributed by atoms with Crippen LogP contribution in [0.25, 0.3) is 0 Å². The van der Waals surface area contributed by atoms with E-state index in [-0.39, 0.29) is 5.41 Å². The second-order valence-electron chi connectivity index (χ2n) is 4.24. The summed E-state index contributed by atoms with van der Waals surface area (Å²) in [5, 5.41) is 16.7. The van der Waals surface area contributed by atoms with Crippen LogP contribution in [0.1, 0.15) is 18.5 Å². The Morgan fingerprint density at radius 2 is 2.43 bits per heavy atom. The van der Waals surface area contributed by atoms with Gasteiger partial charge in [0, 0.05) is 38.4 Å². The van der Waals surface area contributed by atoms with Crippen LogP contribution in [0.5, 0.6) is 0 Å². The van der Waals surface area contributed by atoms with Gasteiger partial charge in [-0.15, -0.1) is 0 Å². The first-order chi connectivity index (χ1) is 6.74. The lowest BCUT2D eigenvalue weighted by Crippen LogP contribution is -2.26. The summed E-state index contributed by atoms with van der Waals surface area (Å²) in [6, 6.07) is 2.01. The molecule has 1 aromatic rings. The molecule has 0 spiro atoms. The summed E-state index contributed by atoms with van der Waals surface area (Å²) in [5.74, 6) is 0. The van der Waals surface area contributed by atoms with Crippen LogP contribution in [-0.2, 0) is 13.6 Å². The first-order valence-corrected chi connectivity index (χ1v) is 5.04. The molecule has 0 atom stereocenters. The van der Waals surface area contributed by atoms with Crippen molar-refractivity contribution < 1.29 is 5.11 Å². The Balaban J connectivity index is 1.73. The van der Waals surface area contributed by atoms with Crippen molar-refractivity contribution in [2.45, 2.75) is 19.4 Å². The number of nitrogens with one attached hydrogen (secondary N) is 1. The Morgan fingerprint density at radius 3 is 2.93 bits per heavy atom. The van der Waals surface area contributed by atoms with Crippen LogP contribution in [0.15, 0.2) is 12.3 Å². The van der Waals surface area contributed by atoms with Crippen LogP contribution in [0.3, 0.4) is 0 Å². The molecule has 14 heavy (non-hydrogen) atoms. The first-order valence-electron chi connectivity index (χ1n) is 5.04. The van der Waals surface area contributed by atoms with Crippen molar-refractivity contribution in [3.8, 4) is 0 Å². The lowest BCUT2D eigenvalue weighted by Gasteiger charge is -2.11. The molecule has 4 nitrogen and oxygen atoms in total.